The summed E-state index contributed by atoms with van der Waals surface area (Å²) in [5.74, 6) is 0.447. The normalized spacial score (nSPS) is 20.4. The average molecular weight is 374 g/mol. The van der Waals surface area contributed by atoms with Gasteiger partial charge in [-0.25, -0.2) is 4.98 Å². The molecule has 5 rings (SSSR count). The van der Waals surface area contributed by atoms with Gasteiger partial charge in [-0.15, -0.1) is 0 Å². The number of rotatable bonds is 5. The molecule has 5 nitrogen and oxygen atoms in total. The van der Waals surface area contributed by atoms with E-state index in [4.69, 9.17) is 0 Å². The fourth-order valence-electron chi connectivity index (χ4n) is 4.68. The fourth-order valence-corrected chi connectivity index (χ4v) is 4.68. The van der Waals surface area contributed by atoms with Gasteiger partial charge in [0.2, 0.25) is 5.91 Å². The van der Waals surface area contributed by atoms with E-state index < -0.39 is 0 Å². The molecule has 5 heteroatoms. The van der Waals surface area contributed by atoms with Crippen LogP contribution >= 0.6 is 0 Å². The molecule has 1 atom stereocenters. The number of imidazole rings is 1. The summed E-state index contributed by atoms with van der Waals surface area (Å²) in [6, 6.07) is 16.7. The SMILES string of the molecule is O=C(NCc1cccc(Cn2cnc3ccccc32)c1)C1CC12CCNCC2. The highest BCUT2D eigenvalue weighted by molar-refractivity contribution is 5.82. The lowest BCUT2D eigenvalue weighted by molar-refractivity contribution is -0.123. The highest BCUT2D eigenvalue weighted by Crippen LogP contribution is 2.58. The van der Waals surface area contributed by atoms with Crippen LogP contribution in [0.15, 0.2) is 54.9 Å². The van der Waals surface area contributed by atoms with Gasteiger partial charge in [-0.05, 0) is 61.0 Å². The number of amides is 1. The minimum atomic E-state index is 0.218. The van der Waals surface area contributed by atoms with E-state index in [1.807, 2.05) is 24.5 Å². The molecule has 2 heterocycles. The van der Waals surface area contributed by atoms with Crippen molar-refractivity contribution < 1.29 is 4.79 Å². The van der Waals surface area contributed by atoms with E-state index in [-0.39, 0.29) is 11.8 Å². The van der Waals surface area contributed by atoms with Gasteiger partial charge < -0.3 is 15.2 Å². The van der Waals surface area contributed by atoms with E-state index in [0.29, 0.717) is 12.0 Å². The third-order valence-electron chi connectivity index (χ3n) is 6.44. The molecule has 1 aromatic heterocycles. The van der Waals surface area contributed by atoms with E-state index in [1.54, 1.807) is 0 Å². The number of nitrogens with zero attached hydrogens (tertiary/aromatic N) is 2. The largest absolute Gasteiger partial charge is 0.352 e. The van der Waals surface area contributed by atoms with Crippen LogP contribution in [0.25, 0.3) is 11.0 Å². The van der Waals surface area contributed by atoms with Crippen LogP contribution in [0.1, 0.15) is 30.4 Å². The van der Waals surface area contributed by atoms with Crippen molar-refractivity contribution in [1.29, 1.82) is 0 Å². The Bertz CT molecular complexity index is 1000. The van der Waals surface area contributed by atoms with Crippen molar-refractivity contribution in [3.63, 3.8) is 0 Å². The lowest BCUT2D eigenvalue weighted by atomic mass is 9.92. The van der Waals surface area contributed by atoms with Gasteiger partial charge in [0.1, 0.15) is 0 Å². The Morgan fingerprint density at radius 1 is 1.14 bits per heavy atom. The quantitative estimate of drug-likeness (QED) is 0.722. The van der Waals surface area contributed by atoms with Crippen molar-refractivity contribution in [2.75, 3.05) is 13.1 Å². The number of piperidine rings is 1. The third kappa shape index (κ3) is 3.31. The molecule has 144 valence electrons. The zero-order valence-corrected chi connectivity index (χ0v) is 16.0. The lowest BCUT2D eigenvalue weighted by Gasteiger charge is -2.23. The minimum Gasteiger partial charge on any atom is -0.352 e. The highest BCUT2D eigenvalue weighted by atomic mass is 16.2. The van der Waals surface area contributed by atoms with Crippen molar-refractivity contribution in [2.24, 2.45) is 11.3 Å². The Morgan fingerprint density at radius 3 is 2.86 bits per heavy atom. The first-order valence-electron chi connectivity index (χ1n) is 10.2. The maximum absolute atomic E-state index is 12.6. The van der Waals surface area contributed by atoms with Crippen molar-refractivity contribution >= 4 is 16.9 Å². The van der Waals surface area contributed by atoms with Crippen LogP contribution in [-0.2, 0) is 17.9 Å². The van der Waals surface area contributed by atoms with Gasteiger partial charge in [0.05, 0.1) is 17.4 Å². The molecule has 3 aromatic rings. The molecular formula is C23H26N4O. The van der Waals surface area contributed by atoms with Crippen molar-refractivity contribution in [1.82, 2.24) is 20.2 Å². The number of fused-ring (bicyclic) bond motifs is 1. The summed E-state index contributed by atoms with van der Waals surface area (Å²) in [5.41, 5.74) is 4.82. The predicted octanol–water partition coefficient (Wildman–Crippen LogP) is 3.09. The summed E-state index contributed by atoms with van der Waals surface area (Å²) in [4.78, 5) is 17.1. The molecule has 2 N–H and O–H groups in total. The van der Waals surface area contributed by atoms with E-state index in [9.17, 15) is 4.79 Å². The van der Waals surface area contributed by atoms with Crippen LogP contribution in [0.2, 0.25) is 0 Å². The fraction of sp³-hybridized carbons (Fsp3) is 0.391. The van der Waals surface area contributed by atoms with E-state index >= 15 is 0 Å². The molecule has 2 fully saturated rings. The standard InChI is InChI=1S/C23H26N4O/c28-22(19-13-23(19)8-10-24-11-9-23)25-14-17-4-3-5-18(12-17)15-27-16-26-20-6-1-2-7-21(20)27/h1-7,12,16,19,24H,8-11,13-15H2,(H,25,28). The molecule has 0 radical (unpaired) electrons. The van der Waals surface area contributed by atoms with E-state index in [0.717, 1.165) is 55.5 Å². The van der Waals surface area contributed by atoms with Crippen LogP contribution in [0.3, 0.4) is 0 Å². The van der Waals surface area contributed by atoms with Crippen LogP contribution in [0, 0.1) is 11.3 Å². The number of carbonyl (C=O) groups excluding carboxylic acids is 1. The molecule has 1 aliphatic heterocycles. The van der Waals surface area contributed by atoms with Crippen LogP contribution in [0.5, 0.6) is 0 Å². The molecule has 1 unspecified atom stereocenters. The van der Waals surface area contributed by atoms with Crippen LogP contribution in [-0.4, -0.2) is 28.5 Å². The second-order valence-electron chi connectivity index (χ2n) is 8.27. The van der Waals surface area contributed by atoms with Gasteiger partial charge in [0, 0.05) is 19.0 Å². The lowest BCUT2D eigenvalue weighted by Crippen LogP contribution is -2.33. The first-order valence-corrected chi connectivity index (χ1v) is 10.2. The molecule has 1 saturated heterocycles. The molecule has 1 spiro atoms. The Balaban J connectivity index is 1.22. The van der Waals surface area contributed by atoms with Gasteiger partial charge >= 0.3 is 0 Å². The minimum absolute atomic E-state index is 0.218. The number of hydrogen-bond donors (Lipinski definition) is 2. The first-order chi connectivity index (χ1) is 13.7. The van der Waals surface area contributed by atoms with Gasteiger partial charge in [-0.2, -0.15) is 0 Å². The number of aromatic nitrogens is 2. The van der Waals surface area contributed by atoms with Gasteiger partial charge in [-0.3, -0.25) is 4.79 Å². The molecular weight excluding hydrogens is 348 g/mol. The smallest absolute Gasteiger partial charge is 0.223 e. The molecule has 1 aliphatic carbocycles. The van der Waals surface area contributed by atoms with Gasteiger partial charge in [0.15, 0.2) is 0 Å². The van der Waals surface area contributed by atoms with Gasteiger partial charge in [-0.1, -0.05) is 36.4 Å². The summed E-state index contributed by atoms with van der Waals surface area (Å²) in [6.07, 6.45) is 5.23. The summed E-state index contributed by atoms with van der Waals surface area (Å²) >= 11 is 0. The molecule has 1 amide bonds. The van der Waals surface area contributed by atoms with Crippen LogP contribution in [0.4, 0.5) is 0 Å². The number of nitrogens with one attached hydrogen (secondary N) is 2. The van der Waals surface area contributed by atoms with Crippen molar-refractivity contribution in [3.8, 4) is 0 Å². The summed E-state index contributed by atoms with van der Waals surface area (Å²) < 4.78 is 2.16. The molecule has 2 aliphatic rings. The molecule has 28 heavy (non-hydrogen) atoms. The maximum Gasteiger partial charge on any atom is 0.223 e. The molecule has 2 aromatic carbocycles. The predicted molar refractivity (Wildman–Crippen MR) is 110 cm³/mol. The highest BCUT2D eigenvalue weighted by Gasteiger charge is 2.57. The van der Waals surface area contributed by atoms with Crippen LogP contribution < -0.4 is 10.6 Å². The monoisotopic (exact) mass is 374 g/mol. The molecule has 0 bridgehead atoms. The third-order valence-corrected chi connectivity index (χ3v) is 6.44. The maximum atomic E-state index is 12.6. The Labute approximate surface area is 165 Å². The average Bonchev–Trinajstić information content (AvgIpc) is 3.27. The Kier molecular flexibility index (Phi) is 4.40. The topological polar surface area (TPSA) is 59.0 Å². The summed E-state index contributed by atoms with van der Waals surface area (Å²) in [7, 11) is 0. The van der Waals surface area contributed by atoms with E-state index in [2.05, 4.69) is 50.5 Å². The number of benzene rings is 2. The van der Waals surface area contributed by atoms with Crippen molar-refractivity contribution in [2.45, 2.75) is 32.4 Å². The number of para-hydroxylation sites is 2. The molecule has 1 saturated carbocycles. The second kappa shape index (κ2) is 7.06. The van der Waals surface area contributed by atoms with Gasteiger partial charge in [0.25, 0.3) is 0 Å². The Morgan fingerprint density at radius 2 is 1.96 bits per heavy atom. The number of hydrogen-bond acceptors (Lipinski definition) is 3. The zero-order chi connectivity index (χ0) is 19.0. The zero-order valence-electron chi connectivity index (χ0n) is 16.0. The summed E-state index contributed by atoms with van der Waals surface area (Å²) in [5, 5.41) is 6.56. The number of carbonyl (C=O) groups is 1. The van der Waals surface area contributed by atoms with E-state index in [1.165, 1.54) is 5.56 Å². The first kappa shape index (κ1) is 17.4. The van der Waals surface area contributed by atoms with Crippen molar-refractivity contribution in [3.05, 3.63) is 66.0 Å². The Hall–Kier alpha value is -2.66. The summed E-state index contributed by atoms with van der Waals surface area (Å²) in [6.45, 7) is 3.48. The second-order valence-corrected chi connectivity index (χ2v) is 8.27.